The summed E-state index contributed by atoms with van der Waals surface area (Å²) in [4.78, 5) is 0. The fourth-order valence-electron chi connectivity index (χ4n) is 0.461. The molecule has 62 valence electrons. The summed E-state index contributed by atoms with van der Waals surface area (Å²) in [5.41, 5.74) is 0. The minimum Gasteiger partial charge on any atom is -0.414 e. The molecule has 8 heteroatoms. The maximum atomic E-state index is 5.88. The molecule has 0 saturated carbocycles. The molecule has 0 unspecified atom stereocenters. The molecule has 0 saturated heterocycles. The molecular weight excluding hydrogens is 220 g/mol. The first-order chi connectivity index (χ1) is 4.54. The van der Waals surface area contributed by atoms with Crippen molar-refractivity contribution in [1.82, 2.24) is 0 Å². The molecule has 0 aliphatic heterocycles. The van der Waals surface area contributed by atoms with Crippen LogP contribution in [-0.4, -0.2) is 38.1 Å². The summed E-state index contributed by atoms with van der Waals surface area (Å²) < 4.78 is 15.5. The Morgan fingerprint density at radius 2 is 1.70 bits per heavy atom. The summed E-state index contributed by atoms with van der Waals surface area (Å²) in [6.07, 6.45) is 0. The van der Waals surface area contributed by atoms with Crippen LogP contribution in [0.2, 0.25) is 13.1 Å². The van der Waals surface area contributed by atoms with Crippen LogP contribution < -0.4 is 0 Å². The first kappa shape index (κ1) is 11.0. The van der Waals surface area contributed by atoms with Gasteiger partial charge in [0, 0.05) is 0 Å². The SMILES string of the molecule is C[SiH](C)O[Si](Cl)(O[SiH3])O[SiH3]. The maximum absolute atomic E-state index is 5.88. The quantitative estimate of drug-likeness (QED) is 0.426. The predicted molar refractivity (Wildman–Crippen MR) is 53.6 cm³/mol. The van der Waals surface area contributed by atoms with Crippen molar-refractivity contribution in [2.75, 3.05) is 0 Å². The van der Waals surface area contributed by atoms with Crippen LogP contribution >= 0.6 is 11.1 Å². The van der Waals surface area contributed by atoms with E-state index in [1.807, 2.05) is 13.1 Å². The van der Waals surface area contributed by atoms with Gasteiger partial charge in [0.05, 0.1) is 0 Å². The van der Waals surface area contributed by atoms with E-state index < -0.39 is 17.2 Å². The molecule has 0 heterocycles. The fourth-order valence-corrected chi connectivity index (χ4v) is 8.99. The molecular formula is C2H13ClO3Si4. The van der Waals surface area contributed by atoms with E-state index in [1.54, 1.807) is 0 Å². The summed E-state index contributed by atoms with van der Waals surface area (Å²) in [6.45, 7) is 4.09. The van der Waals surface area contributed by atoms with Gasteiger partial charge in [0.25, 0.3) is 0 Å². The van der Waals surface area contributed by atoms with E-state index in [9.17, 15) is 0 Å². The average Bonchev–Trinajstić information content (AvgIpc) is 1.87. The van der Waals surface area contributed by atoms with Crippen LogP contribution in [0.3, 0.4) is 0 Å². The lowest BCUT2D eigenvalue weighted by Gasteiger charge is -2.22. The van der Waals surface area contributed by atoms with E-state index >= 15 is 0 Å². The molecule has 0 aliphatic rings. The average molecular weight is 233 g/mol. The van der Waals surface area contributed by atoms with Crippen molar-refractivity contribution in [3.63, 3.8) is 0 Å². The van der Waals surface area contributed by atoms with E-state index in [-0.39, 0.29) is 0 Å². The van der Waals surface area contributed by atoms with E-state index in [1.165, 1.54) is 0 Å². The van der Waals surface area contributed by atoms with Gasteiger partial charge in [-0.15, -0.1) is 0 Å². The maximum Gasteiger partial charge on any atom is 0.580 e. The lowest BCUT2D eigenvalue weighted by atomic mass is 11.9. The van der Waals surface area contributed by atoms with E-state index in [0.29, 0.717) is 21.0 Å². The highest BCUT2D eigenvalue weighted by Gasteiger charge is 2.36. The third-order valence-electron chi connectivity index (χ3n) is 0.864. The van der Waals surface area contributed by atoms with Gasteiger partial charge in [0.15, 0.2) is 9.04 Å². The van der Waals surface area contributed by atoms with E-state index in [4.69, 9.17) is 23.4 Å². The zero-order valence-corrected chi connectivity index (χ0v) is 13.6. The Bertz CT molecular complexity index is 96.5. The Morgan fingerprint density at radius 3 is 1.80 bits per heavy atom. The molecule has 0 aromatic rings. The highest BCUT2D eigenvalue weighted by Crippen LogP contribution is 2.12. The molecule has 0 amide bonds. The molecule has 0 aliphatic carbocycles. The van der Waals surface area contributed by atoms with Crippen molar-refractivity contribution in [3.05, 3.63) is 0 Å². The summed E-state index contributed by atoms with van der Waals surface area (Å²) in [5.74, 6) is 0. The monoisotopic (exact) mass is 232 g/mol. The summed E-state index contributed by atoms with van der Waals surface area (Å²) in [6, 6.07) is 0. The molecule has 0 N–H and O–H groups in total. The van der Waals surface area contributed by atoms with Crippen molar-refractivity contribution in [2.24, 2.45) is 0 Å². The predicted octanol–water partition coefficient (Wildman–Crippen LogP) is -1.75. The van der Waals surface area contributed by atoms with Crippen LogP contribution in [0.1, 0.15) is 0 Å². The Morgan fingerprint density at radius 1 is 1.30 bits per heavy atom. The fraction of sp³-hybridized carbons (Fsp3) is 1.00. The second-order valence-electron chi connectivity index (χ2n) is 2.06. The van der Waals surface area contributed by atoms with Crippen molar-refractivity contribution in [2.45, 2.75) is 13.1 Å². The topological polar surface area (TPSA) is 27.7 Å². The Labute approximate surface area is 74.9 Å². The van der Waals surface area contributed by atoms with Crippen molar-refractivity contribution in [1.29, 1.82) is 0 Å². The van der Waals surface area contributed by atoms with Crippen molar-refractivity contribution < 1.29 is 12.3 Å². The van der Waals surface area contributed by atoms with Crippen molar-refractivity contribution >= 4 is 49.2 Å². The smallest absolute Gasteiger partial charge is 0.414 e. The Balaban J connectivity index is 3.80. The standard InChI is InChI=1S/C2H13ClO3Si4/c1-9(2)6-10(3,4-7)5-8/h9H,1-2,7-8H3. The number of halogens is 1. The van der Waals surface area contributed by atoms with Gasteiger partial charge >= 0.3 is 8.11 Å². The van der Waals surface area contributed by atoms with E-state index in [2.05, 4.69) is 0 Å². The number of rotatable bonds is 4. The molecule has 0 aromatic heterocycles. The Kier molecular flexibility index (Phi) is 5.32. The number of hydrogen-bond acceptors (Lipinski definition) is 3. The molecule has 3 nitrogen and oxygen atoms in total. The third-order valence-corrected chi connectivity index (χ3v) is 11.4. The third kappa shape index (κ3) is 4.03. The lowest BCUT2D eigenvalue weighted by Crippen LogP contribution is -2.42. The normalized spacial score (nSPS) is 18.0. The zero-order valence-electron chi connectivity index (χ0n) is 6.68. The van der Waals surface area contributed by atoms with Gasteiger partial charge in [-0.2, -0.15) is 0 Å². The minimum absolute atomic E-state index is 0.586. The zero-order chi connectivity index (χ0) is 8.20. The van der Waals surface area contributed by atoms with Gasteiger partial charge in [-0.05, 0) is 13.1 Å². The molecule has 0 fully saturated rings. The number of hydrogen-bond donors (Lipinski definition) is 0. The van der Waals surface area contributed by atoms with Crippen LogP contribution in [0.15, 0.2) is 0 Å². The van der Waals surface area contributed by atoms with Crippen LogP contribution in [0.4, 0.5) is 0 Å². The van der Waals surface area contributed by atoms with Gasteiger partial charge in [-0.1, -0.05) is 11.1 Å². The first-order valence-corrected chi connectivity index (χ1v) is 10.2. The van der Waals surface area contributed by atoms with Crippen LogP contribution in [0.25, 0.3) is 0 Å². The molecule has 0 aromatic carbocycles. The van der Waals surface area contributed by atoms with E-state index in [0.717, 1.165) is 0 Å². The Hall–Kier alpha value is 1.04. The molecule has 0 spiro atoms. The second kappa shape index (κ2) is 4.82. The second-order valence-corrected chi connectivity index (χ2v) is 10.7. The van der Waals surface area contributed by atoms with Crippen LogP contribution in [0.5, 0.6) is 0 Å². The summed E-state index contributed by atoms with van der Waals surface area (Å²) >= 11 is 5.88. The summed E-state index contributed by atoms with van der Waals surface area (Å²) in [5, 5.41) is 0. The highest BCUT2D eigenvalue weighted by molar-refractivity contribution is 7.12. The van der Waals surface area contributed by atoms with Crippen LogP contribution in [-0.2, 0) is 12.3 Å². The largest absolute Gasteiger partial charge is 0.580 e. The summed E-state index contributed by atoms with van der Waals surface area (Å²) in [7, 11) is -2.54. The van der Waals surface area contributed by atoms with Gasteiger partial charge < -0.3 is 12.3 Å². The van der Waals surface area contributed by atoms with Gasteiger partial charge in [-0.25, -0.2) is 0 Å². The first-order valence-electron chi connectivity index (χ1n) is 3.01. The molecule has 0 rings (SSSR count). The highest BCUT2D eigenvalue weighted by atomic mass is 35.6. The minimum atomic E-state index is -2.60. The van der Waals surface area contributed by atoms with Gasteiger partial charge in [0.2, 0.25) is 0 Å². The molecule has 10 heavy (non-hydrogen) atoms. The van der Waals surface area contributed by atoms with Crippen LogP contribution in [0, 0.1) is 0 Å². The lowest BCUT2D eigenvalue weighted by molar-refractivity contribution is 0.320. The molecule has 0 bridgehead atoms. The van der Waals surface area contributed by atoms with Crippen molar-refractivity contribution in [3.8, 4) is 0 Å². The molecule has 0 atom stereocenters. The van der Waals surface area contributed by atoms with Gasteiger partial charge in [0.1, 0.15) is 21.0 Å². The molecule has 0 radical (unpaired) electrons. The van der Waals surface area contributed by atoms with Gasteiger partial charge in [-0.3, -0.25) is 0 Å².